The Bertz CT molecular complexity index is 1340. The fourth-order valence-electron chi connectivity index (χ4n) is 5.28. The first-order valence-corrected chi connectivity index (χ1v) is 13.1. The first-order valence-electron chi connectivity index (χ1n) is 11.7. The molecule has 0 spiro atoms. The number of carboxylic acid groups (broad SMARTS) is 1. The van der Waals surface area contributed by atoms with Crippen LogP contribution in [0.5, 0.6) is 0 Å². The van der Waals surface area contributed by atoms with Crippen molar-refractivity contribution in [2.45, 2.75) is 42.7 Å². The predicted octanol–water partition coefficient (Wildman–Crippen LogP) is 4.62. The Kier molecular flexibility index (Phi) is 6.17. The summed E-state index contributed by atoms with van der Waals surface area (Å²) >= 11 is 0. The van der Waals surface area contributed by atoms with Gasteiger partial charge >= 0.3 is 5.97 Å². The lowest BCUT2D eigenvalue weighted by molar-refractivity contribution is -0.141. The van der Waals surface area contributed by atoms with Crippen molar-refractivity contribution in [3.63, 3.8) is 0 Å². The lowest BCUT2D eigenvalue weighted by Crippen LogP contribution is -2.44. The summed E-state index contributed by atoms with van der Waals surface area (Å²) in [6, 6.07) is 21.5. The van der Waals surface area contributed by atoms with Gasteiger partial charge in [-0.25, -0.2) is 8.42 Å². The number of carbonyl (C=O) groups is 2. The summed E-state index contributed by atoms with van der Waals surface area (Å²) in [5.74, 6) is -1.16. The molecular formula is C27H26N2O5S. The number of aliphatic carboxylic acids is 1. The van der Waals surface area contributed by atoms with E-state index in [4.69, 9.17) is 0 Å². The van der Waals surface area contributed by atoms with Crippen LogP contribution >= 0.6 is 0 Å². The second-order valence-electron chi connectivity index (χ2n) is 9.10. The van der Waals surface area contributed by atoms with Crippen molar-refractivity contribution in [3.05, 3.63) is 84.4 Å². The van der Waals surface area contributed by atoms with Gasteiger partial charge in [0.1, 0.15) is 6.04 Å². The third kappa shape index (κ3) is 4.47. The highest BCUT2D eigenvalue weighted by atomic mass is 32.2. The van der Waals surface area contributed by atoms with Gasteiger partial charge in [-0.1, -0.05) is 48.9 Å². The Balaban J connectivity index is 1.33. The number of hydrogen-bond acceptors (Lipinski definition) is 4. The molecule has 2 N–H and O–H groups in total. The van der Waals surface area contributed by atoms with Crippen LogP contribution in [0.2, 0.25) is 0 Å². The first kappa shape index (κ1) is 23.3. The number of amides is 1. The van der Waals surface area contributed by atoms with E-state index in [0.717, 1.165) is 24.0 Å². The largest absolute Gasteiger partial charge is 0.480 e. The maximum absolute atomic E-state index is 13.4. The zero-order valence-electron chi connectivity index (χ0n) is 19.0. The number of sulfonamides is 1. The molecule has 180 valence electrons. The molecule has 2 fully saturated rings. The fourth-order valence-corrected chi connectivity index (χ4v) is 7.15. The second kappa shape index (κ2) is 9.28. The number of carboxylic acids is 1. The van der Waals surface area contributed by atoms with Gasteiger partial charge in [-0.15, -0.1) is 0 Å². The van der Waals surface area contributed by atoms with Gasteiger partial charge in [0, 0.05) is 17.3 Å². The van der Waals surface area contributed by atoms with Gasteiger partial charge in [0.25, 0.3) is 5.91 Å². The van der Waals surface area contributed by atoms with Crippen molar-refractivity contribution in [2.75, 3.05) is 5.32 Å². The Morgan fingerprint density at radius 3 is 2.11 bits per heavy atom. The molecule has 5 rings (SSSR count). The number of rotatable bonds is 6. The Labute approximate surface area is 204 Å². The normalized spacial score (nSPS) is 22.0. The minimum atomic E-state index is -3.93. The van der Waals surface area contributed by atoms with E-state index in [9.17, 15) is 23.1 Å². The van der Waals surface area contributed by atoms with Gasteiger partial charge in [0.15, 0.2) is 0 Å². The van der Waals surface area contributed by atoms with E-state index in [1.54, 1.807) is 48.5 Å². The van der Waals surface area contributed by atoms with E-state index in [1.807, 2.05) is 18.2 Å². The molecule has 2 aliphatic rings. The van der Waals surface area contributed by atoms with Crippen molar-refractivity contribution in [1.29, 1.82) is 0 Å². The molecule has 7 nitrogen and oxygen atoms in total. The number of nitrogens with one attached hydrogen (secondary N) is 1. The number of nitrogens with zero attached hydrogens (tertiary/aromatic N) is 1. The van der Waals surface area contributed by atoms with E-state index in [2.05, 4.69) is 5.32 Å². The molecule has 1 saturated heterocycles. The summed E-state index contributed by atoms with van der Waals surface area (Å²) in [6.07, 6.45) is 2.89. The number of benzene rings is 3. The van der Waals surface area contributed by atoms with Crippen molar-refractivity contribution in [3.8, 4) is 11.1 Å². The molecule has 1 aliphatic carbocycles. The van der Waals surface area contributed by atoms with Crippen LogP contribution in [0, 0.1) is 5.92 Å². The van der Waals surface area contributed by atoms with Crippen LogP contribution in [0.3, 0.4) is 0 Å². The van der Waals surface area contributed by atoms with Crippen LogP contribution < -0.4 is 5.32 Å². The molecule has 3 unspecified atom stereocenters. The highest BCUT2D eigenvalue weighted by molar-refractivity contribution is 7.89. The van der Waals surface area contributed by atoms with Gasteiger partial charge < -0.3 is 10.4 Å². The quantitative estimate of drug-likeness (QED) is 0.525. The highest BCUT2D eigenvalue weighted by Gasteiger charge is 2.52. The number of carbonyl (C=O) groups excluding carboxylic acids is 1. The van der Waals surface area contributed by atoms with E-state index < -0.39 is 22.0 Å². The predicted molar refractivity (Wildman–Crippen MR) is 132 cm³/mol. The van der Waals surface area contributed by atoms with Crippen molar-refractivity contribution in [2.24, 2.45) is 5.92 Å². The number of hydrogen-bond donors (Lipinski definition) is 2. The summed E-state index contributed by atoms with van der Waals surface area (Å²) in [7, 11) is -3.93. The smallest absolute Gasteiger partial charge is 0.322 e. The molecule has 3 aromatic carbocycles. The van der Waals surface area contributed by atoms with Crippen molar-refractivity contribution in [1.82, 2.24) is 4.31 Å². The van der Waals surface area contributed by atoms with Gasteiger partial charge in [-0.05, 0) is 72.7 Å². The van der Waals surface area contributed by atoms with Crippen LogP contribution in [-0.4, -0.2) is 41.8 Å². The summed E-state index contributed by atoms with van der Waals surface area (Å²) in [6.45, 7) is 0. The van der Waals surface area contributed by atoms with Gasteiger partial charge in [0.2, 0.25) is 10.0 Å². The molecular weight excluding hydrogens is 464 g/mol. The Morgan fingerprint density at radius 1 is 0.857 bits per heavy atom. The first-order chi connectivity index (χ1) is 16.8. The fraction of sp³-hybridized carbons (Fsp3) is 0.259. The summed E-state index contributed by atoms with van der Waals surface area (Å²) in [4.78, 5) is 24.2. The SMILES string of the molecule is O=C(Nc1ccc(-c2ccc(S(=O)(=O)N3C(C(=O)O)CC4CCCC43)cc2)cc1)c1ccccc1. The number of anilines is 1. The highest BCUT2D eigenvalue weighted by Crippen LogP contribution is 2.44. The summed E-state index contributed by atoms with van der Waals surface area (Å²) in [5, 5.41) is 12.5. The molecule has 35 heavy (non-hydrogen) atoms. The van der Waals surface area contributed by atoms with Gasteiger partial charge in [-0.3, -0.25) is 9.59 Å². The Morgan fingerprint density at radius 2 is 1.49 bits per heavy atom. The average molecular weight is 491 g/mol. The molecule has 8 heteroatoms. The molecule has 1 heterocycles. The zero-order chi connectivity index (χ0) is 24.6. The van der Waals surface area contributed by atoms with E-state index in [1.165, 1.54) is 16.4 Å². The maximum atomic E-state index is 13.4. The van der Waals surface area contributed by atoms with Gasteiger partial charge in [-0.2, -0.15) is 4.31 Å². The zero-order valence-corrected chi connectivity index (χ0v) is 19.8. The standard InChI is InChI=1S/C27H26N2O5S/c30-26(20-5-2-1-3-6-20)28-22-13-9-18(10-14-22)19-11-15-23(16-12-19)35(33,34)29-24-8-4-7-21(24)17-25(29)27(31)32/h1-3,5-6,9-16,21,24-25H,4,7-8,17H2,(H,28,30)(H,31,32). The van der Waals surface area contributed by atoms with Crippen LogP contribution in [0.1, 0.15) is 36.0 Å². The molecule has 1 aliphatic heterocycles. The molecule has 1 amide bonds. The molecule has 1 saturated carbocycles. The summed E-state index contributed by atoms with van der Waals surface area (Å²) in [5.41, 5.74) is 2.91. The monoisotopic (exact) mass is 490 g/mol. The molecule has 0 bridgehead atoms. The Hall–Kier alpha value is -3.49. The van der Waals surface area contributed by atoms with E-state index in [-0.39, 0.29) is 22.8 Å². The lowest BCUT2D eigenvalue weighted by atomic mass is 10.0. The number of fused-ring (bicyclic) bond motifs is 1. The second-order valence-corrected chi connectivity index (χ2v) is 10.9. The van der Waals surface area contributed by atoms with Crippen LogP contribution in [0.25, 0.3) is 11.1 Å². The van der Waals surface area contributed by atoms with Crippen LogP contribution in [0.4, 0.5) is 5.69 Å². The minimum absolute atomic E-state index is 0.104. The molecule has 0 aromatic heterocycles. The topological polar surface area (TPSA) is 104 Å². The third-order valence-electron chi connectivity index (χ3n) is 7.01. The maximum Gasteiger partial charge on any atom is 0.322 e. The molecule has 3 aromatic rings. The summed E-state index contributed by atoms with van der Waals surface area (Å²) < 4.78 is 28.1. The van der Waals surface area contributed by atoms with E-state index in [0.29, 0.717) is 24.1 Å². The van der Waals surface area contributed by atoms with Crippen LogP contribution in [-0.2, 0) is 14.8 Å². The lowest BCUT2D eigenvalue weighted by Gasteiger charge is -2.26. The molecule has 0 radical (unpaired) electrons. The molecule has 3 atom stereocenters. The average Bonchev–Trinajstić information content (AvgIpc) is 3.47. The van der Waals surface area contributed by atoms with Crippen molar-refractivity contribution < 1.29 is 23.1 Å². The van der Waals surface area contributed by atoms with Gasteiger partial charge in [0.05, 0.1) is 4.90 Å². The van der Waals surface area contributed by atoms with Crippen molar-refractivity contribution >= 4 is 27.6 Å². The minimum Gasteiger partial charge on any atom is -0.480 e. The van der Waals surface area contributed by atoms with Crippen LogP contribution in [0.15, 0.2) is 83.8 Å². The third-order valence-corrected chi connectivity index (χ3v) is 8.95. The van der Waals surface area contributed by atoms with E-state index >= 15 is 0 Å².